The lowest BCUT2D eigenvalue weighted by Gasteiger charge is -2.14. The van der Waals surface area contributed by atoms with Crippen LogP contribution in [0.5, 0.6) is 0 Å². The fourth-order valence-corrected chi connectivity index (χ4v) is 2.31. The lowest BCUT2D eigenvalue weighted by molar-refractivity contribution is 0.173. The zero-order chi connectivity index (χ0) is 13.1. The van der Waals surface area contributed by atoms with Gasteiger partial charge in [0.05, 0.1) is 6.10 Å². The maximum absolute atomic E-state index is 13.6. The van der Waals surface area contributed by atoms with Crippen LogP contribution in [-0.4, -0.2) is 5.11 Å². The lowest BCUT2D eigenvalue weighted by Crippen LogP contribution is -2.05. The second kappa shape index (κ2) is 5.63. The first-order valence-electron chi connectivity index (χ1n) is 5.75. The van der Waals surface area contributed by atoms with Gasteiger partial charge < -0.3 is 5.11 Å². The van der Waals surface area contributed by atoms with Gasteiger partial charge in [-0.15, -0.1) is 0 Å². The van der Waals surface area contributed by atoms with E-state index in [-0.39, 0.29) is 5.82 Å². The van der Waals surface area contributed by atoms with Crippen molar-refractivity contribution in [1.82, 2.24) is 0 Å². The van der Waals surface area contributed by atoms with Crippen LogP contribution in [0, 0.1) is 12.7 Å². The zero-order valence-electron chi connectivity index (χ0n) is 10.0. The number of hydrogen-bond donors (Lipinski definition) is 1. The number of rotatable bonds is 3. The Morgan fingerprint density at radius 2 is 1.94 bits per heavy atom. The minimum Gasteiger partial charge on any atom is -0.388 e. The summed E-state index contributed by atoms with van der Waals surface area (Å²) < 4.78 is 14.4. The first kappa shape index (κ1) is 13.2. The Kier molecular flexibility index (Phi) is 4.15. The highest BCUT2D eigenvalue weighted by Gasteiger charge is 2.14. The van der Waals surface area contributed by atoms with Gasteiger partial charge in [-0.1, -0.05) is 40.2 Å². The van der Waals surface area contributed by atoms with Gasteiger partial charge in [-0.2, -0.15) is 0 Å². The molecule has 0 saturated heterocycles. The van der Waals surface area contributed by atoms with Crippen molar-refractivity contribution in [2.75, 3.05) is 0 Å². The van der Waals surface area contributed by atoms with Crippen molar-refractivity contribution in [1.29, 1.82) is 0 Å². The highest BCUT2D eigenvalue weighted by atomic mass is 79.9. The molecule has 1 nitrogen and oxygen atoms in total. The molecule has 0 aliphatic heterocycles. The minimum atomic E-state index is -0.830. The van der Waals surface area contributed by atoms with E-state index >= 15 is 0 Å². The van der Waals surface area contributed by atoms with E-state index in [9.17, 15) is 9.50 Å². The molecule has 0 amide bonds. The molecule has 1 atom stereocenters. The molecule has 0 saturated carbocycles. The van der Waals surface area contributed by atoms with Gasteiger partial charge in [0.1, 0.15) is 5.82 Å². The van der Waals surface area contributed by atoms with Crippen molar-refractivity contribution in [2.24, 2.45) is 0 Å². The maximum Gasteiger partial charge on any atom is 0.129 e. The Labute approximate surface area is 114 Å². The molecule has 0 fully saturated rings. The van der Waals surface area contributed by atoms with Gasteiger partial charge in [-0.05, 0) is 36.2 Å². The molecule has 3 heteroatoms. The monoisotopic (exact) mass is 308 g/mol. The van der Waals surface area contributed by atoms with Crippen molar-refractivity contribution >= 4 is 15.9 Å². The van der Waals surface area contributed by atoms with Crippen LogP contribution < -0.4 is 0 Å². The SMILES string of the molecule is Cc1ccccc1CC(O)c1cc(Br)ccc1F. The van der Waals surface area contributed by atoms with E-state index in [1.165, 1.54) is 6.07 Å². The second-order valence-electron chi connectivity index (χ2n) is 4.31. The fourth-order valence-electron chi connectivity index (χ4n) is 1.93. The molecule has 0 aromatic heterocycles. The number of hydrogen-bond acceptors (Lipinski definition) is 1. The number of halogens is 2. The van der Waals surface area contributed by atoms with Gasteiger partial charge in [0.2, 0.25) is 0 Å². The summed E-state index contributed by atoms with van der Waals surface area (Å²) in [4.78, 5) is 0. The van der Waals surface area contributed by atoms with Crippen LogP contribution in [0.2, 0.25) is 0 Å². The van der Waals surface area contributed by atoms with E-state index in [4.69, 9.17) is 0 Å². The molecule has 0 aliphatic carbocycles. The summed E-state index contributed by atoms with van der Waals surface area (Å²) >= 11 is 3.29. The number of benzene rings is 2. The summed E-state index contributed by atoms with van der Waals surface area (Å²) in [6.07, 6.45) is -0.413. The van der Waals surface area contributed by atoms with Gasteiger partial charge in [0, 0.05) is 16.5 Å². The van der Waals surface area contributed by atoms with Crippen molar-refractivity contribution in [3.8, 4) is 0 Å². The van der Waals surface area contributed by atoms with Crippen LogP contribution in [0.25, 0.3) is 0 Å². The normalized spacial score (nSPS) is 12.4. The zero-order valence-corrected chi connectivity index (χ0v) is 11.6. The van der Waals surface area contributed by atoms with Gasteiger partial charge >= 0.3 is 0 Å². The van der Waals surface area contributed by atoms with Gasteiger partial charge in [-0.25, -0.2) is 4.39 Å². The fraction of sp³-hybridized carbons (Fsp3) is 0.200. The Balaban J connectivity index is 2.25. The molecule has 1 N–H and O–H groups in total. The quantitative estimate of drug-likeness (QED) is 0.902. The summed E-state index contributed by atoms with van der Waals surface area (Å²) in [7, 11) is 0. The maximum atomic E-state index is 13.6. The van der Waals surface area contributed by atoms with E-state index in [0.717, 1.165) is 15.6 Å². The molecule has 0 heterocycles. The summed E-state index contributed by atoms with van der Waals surface area (Å²) in [6.45, 7) is 1.99. The minimum absolute atomic E-state index is 0.327. The Bertz CT molecular complexity index is 554. The van der Waals surface area contributed by atoms with E-state index in [2.05, 4.69) is 15.9 Å². The van der Waals surface area contributed by atoms with E-state index in [1.54, 1.807) is 12.1 Å². The van der Waals surface area contributed by atoms with Gasteiger partial charge in [-0.3, -0.25) is 0 Å². The van der Waals surface area contributed by atoms with Gasteiger partial charge in [0.25, 0.3) is 0 Å². The number of aliphatic hydroxyl groups is 1. The topological polar surface area (TPSA) is 20.2 Å². The molecular formula is C15H14BrFO. The van der Waals surface area contributed by atoms with Crippen molar-refractivity contribution < 1.29 is 9.50 Å². The molecule has 0 radical (unpaired) electrons. The van der Waals surface area contributed by atoms with E-state index < -0.39 is 6.10 Å². The molecule has 0 spiro atoms. The van der Waals surface area contributed by atoms with Gasteiger partial charge in [0.15, 0.2) is 0 Å². The third kappa shape index (κ3) is 2.98. The van der Waals surface area contributed by atoms with Crippen LogP contribution in [-0.2, 0) is 6.42 Å². The van der Waals surface area contributed by atoms with E-state index in [1.807, 2.05) is 31.2 Å². The predicted molar refractivity (Wildman–Crippen MR) is 73.9 cm³/mol. The Morgan fingerprint density at radius 1 is 1.22 bits per heavy atom. The van der Waals surface area contributed by atoms with Crippen LogP contribution in [0.3, 0.4) is 0 Å². The Hall–Kier alpha value is -1.19. The third-order valence-electron chi connectivity index (χ3n) is 2.99. The van der Waals surface area contributed by atoms with E-state index in [0.29, 0.717) is 12.0 Å². The summed E-state index contributed by atoms with van der Waals surface area (Å²) in [6, 6.07) is 12.4. The first-order chi connectivity index (χ1) is 8.58. The predicted octanol–water partition coefficient (Wildman–Crippen LogP) is 4.17. The van der Waals surface area contributed by atoms with Crippen LogP contribution in [0.1, 0.15) is 22.8 Å². The summed E-state index contributed by atoms with van der Waals surface area (Å²) in [5.74, 6) is -0.376. The lowest BCUT2D eigenvalue weighted by atomic mass is 9.98. The second-order valence-corrected chi connectivity index (χ2v) is 5.23. The van der Waals surface area contributed by atoms with Crippen LogP contribution in [0.4, 0.5) is 4.39 Å². The molecule has 94 valence electrons. The largest absolute Gasteiger partial charge is 0.388 e. The molecule has 1 unspecified atom stereocenters. The standard InChI is InChI=1S/C15H14BrFO/c1-10-4-2-3-5-11(10)8-15(18)13-9-12(16)6-7-14(13)17/h2-7,9,15,18H,8H2,1H3. The van der Waals surface area contributed by atoms with Crippen molar-refractivity contribution in [3.05, 3.63) is 69.4 Å². The third-order valence-corrected chi connectivity index (χ3v) is 3.48. The van der Waals surface area contributed by atoms with Crippen LogP contribution >= 0.6 is 15.9 Å². The molecule has 2 aromatic carbocycles. The highest BCUT2D eigenvalue weighted by Crippen LogP contribution is 2.25. The smallest absolute Gasteiger partial charge is 0.129 e. The average Bonchev–Trinajstić information content (AvgIpc) is 2.35. The molecule has 2 aromatic rings. The molecular weight excluding hydrogens is 295 g/mol. The van der Waals surface area contributed by atoms with Crippen molar-refractivity contribution in [3.63, 3.8) is 0 Å². The van der Waals surface area contributed by atoms with Crippen molar-refractivity contribution in [2.45, 2.75) is 19.4 Å². The highest BCUT2D eigenvalue weighted by molar-refractivity contribution is 9.10. The molecule has 0 bridgehead atoms. The summed E-state index contributed by atoms with van der Waals surface area (Å²) in [5, 5.41) is 10.1. The van der Waals surface area contributed by atoms with Crippen LogP contribution in [0.15, 0.2) is 46.9 Å². The first-order valence-corrected chi connectivity index (χ1v) is 6.55. The number of aliphatic hydroxyl groups excluding tert-OH is 1. The molecule has 2 rings (SSSR count). The average molecular weight is 309 g/mol. The molecule has 0 aliphatic rings. The number of aryl methyl sites for hydroxylation is 1. The Morgan fingerprint density at radius 3 is 2.67 bits per heavy atom. The molecule has 18 heavy (non-hydrogen) atoms. The summed E-state index contributed by atoms with van der Waals surface area (Å²) in [5.41, 5.74) is 2.46.